The number of aromatic nitrogens is 2. The van der Waals surface area contributed by atoms with Crippen LogP contribution in [0.5, 0.6) is 11.5 Å². The first-order chi connectivity index (χ1) is 18.2. The number of aromatic amines is 1. The number of halogens is 1. The number of ether oxygens (including phenoxy) is 2. The summed E-state index contributed by atoms with van der Waals surface area (Å²) in [5.41, 5.74) is 2.97. The number of Topliss-reactive ketones (excluding diaryl/α,β-unsaturated/α-hetero) is 1. The van der Waals surface area contributed by atoms with Gasteiger partial charge in [0.25, 0.3) is 5.78 Å². The minimum Gasteiger partial charge on any atom is -0.507 e. The van der Waals surface area contributed by atoms with Gasteiger partial charge in [-0.1, -0.05) is 23.7 Å². The molecule has 0 bridgehead atoms. The molecule has 5 rings (SSSR count). The number of rotatable bonds is 6. The number of ketones is 1. The van der Waals surface area contributed by atoms with E-state index in [-0.39, 0.29) is 27.9 Å². The molecule has 1 saturated heterocycles. The van der Waals surface area contributed by atoms with Gasteiger partial charge in [-0.05, 0) is 48.0 Å². The van der Waals surface area contributed by atoms with Crippen LogP contribution in [0.2, 0.25) is 5.02 Å². The highest BCUT2D eigenvalue weighted by molar-refractivity contribution is 6.51. The minimum atomic E-state index is -0.949. The lowest BCUT2D eigenvalue weighted by Crippen LogP contribution is -2.30. The Morgan fingerprint density at radius 1 is 1.03 bits per heavy atom. The molecule has 0 spiro atoms. The second kappa shape index (κ2) is 9.75. The van der Waals surface area contributed by atoms with Crippen LogP contribution in [0.3, 0.4) is 0 Å². The second-order valence-electron chi connectivity index (χ2n) is 8.95. The third-order valence-corrected chi connectivity index (χ3v) is 6.79. The summed E-state index contributed by atoms with van der Waals surface area (Å²) in [4.78, 5) is 37.8. The van der Waals surface area contributed by atoms with Gasteiger partial charge in [0.2, 0.25) is 5.95 Å². The first-order valence-electron chi connectivity index (χ1n) is 11.7. The number of methoxy groups -OCH3 is 2. The van der Waals surface area contributed by atoms with Crippen molar-refractivity contribution in [1.29, 1.82) is 0 Å². The number of carbonyl (C=O) groups is 2. The van der Waals surface area contributed by atoms with Crippen molar-refractivity contribution in [3.63, 3.8) is 0 Å². The van der Waals surface area contributed by atoms with E-state index in [1.165, 1.54) is 18.1 Å². The zero-order valence-electron chi connectivity index (χ0n) is 21.2. The molecule has 1 atom stereocenters. The monoisotopic (exact) mass is 532 g/mol. The molecule has 0 radical (unpaired) electrons. The number of aliphatic hydroxyl groups is 1. The number of anilines is 2. The summed E-state index contributed by atoms with van der Waals surface area (Å²) in [6.45, 7) is 0. The molecule has 2 heterocycles. The first-order valence-corrected chi connectivity index (χ1v) is 12.1. The molecule has 9 nitrogen and oxygen atoms in total. The largest absolute Gasteiger partial charge is 0.507 e. The highest BCUT2D eigenvalue weighted by Crippen LogP contribution is 2.42. The Bertz CT molecular complexity index is 1590. The van der Waals surface area contributed by atoms with Crippen molar-refractivity contribution in [3.05, 3.63) is 82.4 Å². The smallest absolute Gasteiger partial charge is 0.302 e. The summed E-state index contributed by atoms with van der Waals surface area (Å²) >= 11 is 6.29. The molecule has 0 saturated carbocycles. The van der Waals surface area contributed by atoms with Crippen molar-refractivity contribution in [2.45, 2.75) is 6.04 Å². The standard InChI is InChI=1S/C28H25ClN4O5/c1-32(2)17-8-5-15(6-9-17)24-23(25(34)16-7-12-22(38-4)19(29)13-16)26(35)27(36)33(24)28-30-20-11-10-18(37-3)14-21(20)31-28/h5-14,24,34H,1-4H3,(H,30,31)/b25-23+. The molecule has 1 aromatic heterocycles. The number of benzene rings is 3. The van der Waals surface area contributed by atoms with Crippen molar-refractivity contribution < 1.29 is 24.2 Å². The van der Waals surface area contributed by atoms with Gasteiger partial charge in [0.05, 0.1) is 41.9 Å². The molecular weight excluding hydrogens is 508 g/mol. The predicted octanol–water partition coefficient (Wildman–Crippen LogP) is 4.93. The fraction of sp³-hybridized carbons (Fsp3) is 0.179. The van der Waals surface area contributed by atoms with E-state index in [1.54, 1.807) is 37.4 Å². The van der Waals surface area contributed by atoms with E-state index >= 15 is 0 Å². The average molecular weight is 533 g/mol. The van der Waals surface area contributed by atoms with Crippen molar-refractivity contribution in [2.24, 2.45) is 0 Å². The van der Waals surface area contributed by atoms with E-state index in [4.69, 9.17) is 21.1 Å². The summed E-state index contributed by atoms with van der Waals surface area (Å²) in [6, 6.07) is 16.4. The zero-order chi connectivity index (χ0) is 27.1. The van der Waals surface area contributed by atoms with Gasteiger partial charge in [-0.25, -0.2) is 4.98 Å². The molecule has 1 unspecified atom stereocenters. The molecule has 10 heteroatoms. The van der Waals surface area contributed by atoms with Crippen LogP contribution in [0.15, 0.2) is 66.2 Å². The number of carbonyl (C=O) groups excluding carboxylic acids is 2. The van der Waals surface area contributed by atoms with Gasteiger partial charge in [0, 0.05) is 31.4 Å². The fourth-order valence-electron chi connectivity index (χ4n) is 4.51. The molecule has 0 aliphatic carbocycles. The Morgan fingerprint density at radius 3 is 2.39 bits per heavy atom. The number of nitrogens with one attached hydrogen (secondary N) is 1. The van der Waals surface area contributed by atoms with E-state index in [0.717, 1.165) is 5.69 Å². The van der Waals surface area contributed by atoms with Gasteiger partial charge in [-0.3, -0.25) is 14.5 Å². The number of hydrogen-bond donors (Lipinski definition) is 2. The normalized spacial score (nSPS) is 16.8. The van der Waals surface area contributed by atoms with Gasteiger partial charge in [0.15, 0.2) is 0 Å². The van der Waals surface area contributed by atoms with Crippen LogP contribution < -0.4 is 19.3 Å². The highest BCUT2D eigenvalue weighted by atomic mass is 35.5. The van der Waals surface area contributed by atoms with E-state index in [9.17, 15) is 14.7 Å². The predicted molar refractivity (Wildman–Crippen MR) is 146 cm³/mol. The first kappa shape index (κ1) is 25.2. The fourth-order valence-corrected chi connectivity index (χ4v) is 4.76. The van der Waals surface area contributed by atoms with Gasteiger partial charge in [-0.2, -0.15) is 0 Å². The molecule has 1 amide bonds. The summed E-state index contributed by atoms with van der Waals surface area (Å²) in [5.74, 6) is -0.814. The maximum absolute atomic E-state index is 13.5. The third kappa shape index (κ3) is 4.20. The maximum atomic E-state index is 13.5. The number of aliphatic hydroxyl groups excluding tert-OH is 1. The lowest BCUT2D eigenvalue weighted by Gasteiger charge is -2.24. The molecule has 1 fully saturated rings. The summed E-state index contributed by atoms with van der Waals surface area (Å²) in [6.07, 6.45) is 0. The van der Waals surface area contributed by atoms with Crippen LogP contribution in [0.4, 0.5) is 11.6 Å². The topological polar surface area (TPSA) is 108 Å². The summed E-state index contributed by atoms with van der Waals surface area (Å²) < 4.78 is 10.5. The summed E-state index contributed by atoms with van der Waals surface area (Å²) in [7, 11) is 6.86. The molecule has 4 aromatic rings. The number of imidazole rings is 1. The van der Waals surface area contributed by atoms with Gasteiger partial charge >= 0.3 is 5.91 Å². The second-order valence-corrected chi connectivity index (χ2v) is 9.36. The van der Waals surface area contributed by atoms with Gasteiger partial charge in [0.1, 0.15) is 17.3 Å². The number of H-pyrrole nitrogens is 1. The van der Waals surface area contributed by atoms with Crippen molar-refractivity contribution in [1.82, 2.24) is 9.97 Å². The Morgan fingerprint density at radius 2 is 1.76 bits per heavy atom. The van der Waals surface area contributed by atoms with E-state index in [1.807, 2.05) is 43.3 Å². The number of fused-ring (bicyclic) bond motifs is 1. The number of hydrogen-bond acceptors (Lipinski definition) is 7. The molecule has 38 heavy (non-hydrogen) atoms. The highest BCUT2D eigenvalue weighted by Gasteiger charge is 2.48. The summed E-state index contributed by atoms with van der Waals surface area (Å²) in [5, 5.41) is 11.6. The van der Waals surface area contributed by atoms with Crippen molar-refractivity contribution >= 4 is 51.7 Å². The van der Waals surface area contributed by atoms with Crippen LogP contribution in [0, 0.1) is 0 Å². The lowest BCUT2D eigenvalue weighted by atomic mass is 9.95. The maximum Gasteiger partial charge on any atom is 0.302 e. The quantitative estimate of drug-likeness (QED) is 0.206. The zero-order valence-corrected chi connectivity index (χ0v) is 21.9. The van der Waals surface area contributed by atoms with Crippen molar-refractivity contribution in [3.8, 4) is 11.5 Å². The Kier molecular flexibility index (Phi) is 6.46. The van der Waals surface area contributed by atoms with Crippen LogP contribution in [-0.2, 0) is 9.59 Å². The molecule has 2 N–H and O–H groups in total. The number of amides is 1. The molecular formula is C28H25ClN4O5. The van der Waals surface area contributed by atoms with Crippen LogP contribution in [-0.4, -0.2) is 55.1 Å². The third-order valence-electron chi connectivity index (χ3n) is 6.50. The SMILES string of the molecule is COc1ccc2nc(N3C(=O)C(=O)/C(=C(/O)c4ccc(OC)c(Cl)c4)C3c3ccc(N(C)C)cc3)[nH]c2c1. The average Bonchev–Trinajstić information content (AvgIpc) is 3.45. The molecule has 1 aliphatic rings. The van der Waals surface area contributed by atoms with Crippen LogP contribution in [0.1, 0.15) is 17.2 Å². The van der Waals surface area contributed by atoms with Gasteiger partial charge in [-0.15, -0.1) is 0 Å². The van der Waals surface area contributed by atoms with E-state index in [2.05, 4.69) is 9.97 Å². The Hall–Kier alpha value is -4.50. The van der Waals surface area contributed by atoms with Crippen molar-refractivity contribution in [2.75, 3.05) is 38.1 Å². The van der Waals surface area contributed by atoms with Crippen LogP contribution >= 0.6 is 11.6 Å². The van der Waals surface area contributed by atoms with E-state index in [0.29, 0.717) is 28.1 Å². The van der Waals surface area contributed by atoms with E-state index < -0.39 is 17.7 Å². The lowest BCUT2D eigenvalue weighted by molar-refractivity contribution is -0.132. The number of nitrogens with zero attached hydrogens (tertiary/aromatic N) is 3. The molecule has 194 valence electrons. The van der Waals surface area contributed by atoms with Crippen LogP contribution in [0.25, 0.3) is 16.8 Å². The molecule has 3 aromatic carbocycles. The minimum absolute atomic E-state index is 0.0770. The Labute approximate surface area is 223 Å². The van der Waals surface area contributed by atoms with Gasteiger partial charge < -0.3 is 24.5 Å². The molecule has 1 aliphatic heterocycles. The Balaban J connectivity index is 1.70.